The third-order valence-electron chi connectivity index (χ3n) is 2.78. The average molecular weight is 318 g/mol. The molecule has 0 bridgehead atoms. The third kappa shape index (κ3) is 4.91. The summed E-state index contributed by atoms with van der Waals surface area (Å²) in [5.74, 6) is -0.249. The number of ether oxygens (including phenoxy) is 1. The molecule has 8 heteroatoms. The highest BCUT2D eigenvalue weighted by atomic mass is 32.1. The molecule has 2 N–H and O–H groups in total. The number of thiazole rings is 1. The van der Waals surface area contributed by atoms with Gasteiger partial charge in [0.05, 0.1) is 0 Å². The molecule has 0 amide bonds. The summed E-state index contributed by atoms with van der Waals surface area (Å²) in [6.07, 6.45) is -4.68. The molecule has 4 nitrogen and oxygen atoms in total. The van der Waals surface area contributed by atoms with E-state index in [1.807, 2.05) is 6.92 Å². The smallest absolute Gasteiger partial charge is 0.406 e. The lowest BCUT2D eigenvalue weighted by Gasteiger charge is -2.14. The normalized spacial score (nSPS) is 13.1. The van der Waals surface area contributed by atoms with Crippen LogP contribution in [-0.4, -0.2) is 11.3 Å². The minimum atomic E-state index is -4.68. The number of alkyl halides is 3. The van der Waals surface area contributed by atoms with Crippen molar-refractivity contribution < 1.29 is 17.9 Å². The number of rotatable bonds is 5. The lowest BCUT2D eigenvalue weighted by Crippen LogP contribution is -2.19. The van der Waals surface area contributed by atoms with Crippen LogP contribution in [-0.2, 0) is 6.54 Å². The second kappa shape index (κ2) is 6.31. The van der Waals surface area contributed by atoms with Gasteiger partial charge in [-0.15, -0.1) is 13.2 Å². The zero-order valence-electron chi connectivity index (χ0n) is 11.0. The summed E-state index contributed by atoms with van der Waals surface area (Å²) in [6.45, 7) is 2.35. The molecule has 1 heterocycles. The molecule has 1 atom stereocenters. The quantitative estimate of drug-likeness (QED) is 0.890. The van der Waals surface area contributed by atoms with Gasteiger partial charge >= 0.3 is 11.2 Å². The monoisotopic (exact) mass is 318 g/mol. The number of H-pyrrole nitrogens is 1. The highest BCUT2D eigenvalue weighted by Crippen LogP contribution is 2.24. The number of hydrogen-bond acceptors (Lipinski definition) is 4. The summed E-state index contributed by atoms with van der Waals surface area (Å²) < 4.78 is 40.0. The van der Waals surface area contributed by atoms with Crippen molar-refractivity contribution in [3.8, 4) is 5.75 Å². The zero-order chi connectivity index (χ0) is 15.5. The molecule has 0 aliphatic rings. The van der Waals surface area contributed by atoms with E-state index < -0.39 is 6.36 Å². The van der Waals surface area contributed by atoms with Crippen LogP contribution in [0.3, 0.4) is 0 Å². The highest BCUT2D eigenvalue weighted by molar-refractivity contribution is 7.07. The van der Waals surface area contributed by atoms with Crippen LogP contribution in [0.5, 0.6) is 5.75 Å². The van der Waals surface area contributed by atoms with E-state index in [2.05, 4.69) is 15.0 Å². The fourth-order valence-corrected chi connectivity index (χ4v) is 2.32. The van der Waals surface area contributed by atoms with Gasteiger partial charge in [0, 0.05) is 23.7 Å². The van der Waals surface area contributed by atoms with Crippen molar-refractivity contribution in [2.24, 2.45) is 0 Å². The molecule has 1 aromatic carbocycles. The SMILES string of the molecule is CC(NCc1csc(=O)[nH]1)c1ccc(OC(F)(F)F)cc1. The van der Waals surface area contributed by atoms with Gasteiger partial charge in [0.1, 0.15) is 5.75 Å². The number of aromatic amines is 1. The van der Waals surface area contributed by atoms with Gasteiger partial charge in [0.25, 0.3) is 0 Å². The summed E-state index contributed by atoms with van der Waals surface area (Å²) in [5.41, 5.74) is 1.59. The standard InChI is InChI=1S/C13H13F3N2O2S/c1-8(17-6-10-7-21-12(19)18-10)9-2-4-11(5-3-9)20-13(14,15)16/h2-5,7-8,17H,6H2,1H3,(H,18,19). The number of aromatic nitrogens is 1. The molecule has 2 aromatic rings. The van der Waals surface area contributed by atoms with Gasteiger partial charge in [-0.3, -0.25) is 4.79 Å². The van der Waals surface area contributed by atoms with E-state index in [1.54, 1.807) is 17.5 Å². The molecule has 2 rings (SSSR count). The number of halogens is 3. The maximum Gasteiger partial charge on any atom is 0.573 e. The number of hydrogen-bond donors (Lipinski definition) is 2. The van der Waals surface area contributed by atoms with Crippen molar-refractivity contribution in [1.29, 1.82) is 0 Å². The van der Waals surface area contributed by atoms with E-state index in [9.17, 15) is 18.0 Å². The number of nitrogens with one attached hydrogen (secondary N) is 2. The molecule has 1 unspecified atom stereocenters. The first-order valence-corrected chi connectivity index (χ1v) is 6.97. The first-order chi connectivity index (χ1) is 9.83. The van der Waals surface area contributed by atoms with Crippen LogP contribution in [0.4, 0.5) is 13.2 Å². The Labute approximate surface area is 122 Å². The van der Waals surface area contributed by atoms with Crippen molar-refractivity contribution >= 4 is 11.3 Å². The molecule has 0 fully saturated rings. The molecule has 0 radical (unpaired) electrons. The summed E-state index contributed by atoms with van der Waals surface area (Å²) in [4.78, 5) is 13.5. The average Bonchev–Trinajstić information content (AvgIpc) is 2.81. The fourth-order valence-electron chi connectivity index (χ4n) is 1.74. The third-order valence-corrected chi connectivity index (χ3v) is 3.50. The predicted molar refractivity (Wildman–Crippen MR) is 73.3 cm³/mol. The highest BCUT2D eigenvalue weighted by Gasteiger charge is 2.30. The van der Waals surface area contributed by atoms with Gasteiger partial charge in [0.2, 0.25) is 0 Å². The van der Waals surface area contributed by atoms with Crippen molar-refractivity contribution in [3.63, 3.8) is 0 Å². The van der Waals surface area contributed by atoms with Gasteiger partial charge < -0.3 is 15.0 Å². The minimum Gasteiger partial charge on any atom is -0.406 e. The van der Waals surface area contributed by atoms with Crippen LogP contribution in [0, 0.1) is 0 Å². The van der Waals surface area contributed by atoms with Crippen molar-refractivity contribution in [1.82, 2.24) is 10.3 Å². The second-order valence-corrected chi connectivity index (χ2v) is 5.24. The van der Waals surface area contributed by atoms with Crippen LogP contribution in [0.2, 0.25) is 0 Å². The van der Waals surface area contributed by atoms with Gasteiger partial charge in [0.15, 0.2) is 0 Å². The first-order valence-electron chi connectivity index (χ1n) is 6.09. The largest absolute Gasteiger partial charge is 0.573 e. The molecular formula is C13H13F3N2O2S. The van der Waals surface area contributed by atoms with E-state index in [0.29, 0.717) is 6.54 Å². The molecular weight excluding hydrogens is 305 g/mol. The Bertz CT molecular complexity index is 634. The Morgan fingerprint density at radius 2 is 2.00 bits per heavy atom. The lowest BCUT2D eigenvalue weighted by molar-refractivity contribution is -0.274. The molecule has 0 saturated heterocycles. The topological polar surface area (TPSA) is 54.1 Å². The Kier molecular flexibility index (Phi) is 4.69. The summed E-state index contributed by atoms with van der Waals surface area (Å²) in [5, 5.41) is 4.89. The predicted octanol–water partition coefficient (Wildman–Crippen LogP) is 3.19. The van der Waals surface area contributed by atoms with Crippen molar-refractivity contribution in [3.05, 3.63) is 50.6 Å². The second-order valence-electron chi connectivity index (χ2n) is 4.39. The molecule has 0 spiro atoms. The molecule has 0 aliphatic carbocycles. The maximum atomic E-state index is 12.0. The van der Waals surface area contributed by atoms with Gasteiger partial charge in [-0.1, -0.05) is 23.5 Å². The molecule has 21 heavy (non-hydrogen) atoms. The van der Waals surface area contributed by atoms with Crippen LogP contribution in [0.1, 0.15) is 24.2 Å². The Hall–Kier alpha value is -1.80. The lowest BCUT2D eigenvalue weighted by atomic mass is 10.1. The van der Waals surface area contributed by atoms with Crippen LogP contribution in [0.15, 0.2) is 34.4 Å². The van der Waals surface area contributed by atoms with Gasteiger partial charge in [-0.25, -0.2) is 0 Å². The Morgan fingerprint density at radius 3 is 2.52 bits per heavy atom. The van der Waals surface area contributed by atoms with Crippen molar-refractivity contribution in [2.75, 3.05) is 0 Å². The summed E-state index contributed by atoms with van der Waals surface area (Å²) >= 11 is 1.08. The van der Waals surface area contributed by atoms with Gasteiger partial charge in [-0.2, -0.15) is 0 Å². The van der Waals surface area contributed by atoms with Crippen LogP contribution < -0.4 is 14.9 Å². The van der Waals surface area contributed by atoms with Gasteiger partial charge in [-0.05, 0) is 24.6 Å². The number of benzene rings is 1. The molecule has 114 valence electrons. The van der Waals surface area contributed by atoms with Crippen LogP contribution >= 0.6 is 11.3 Å². The summed E-state index contributed by atoms with van der Waals surface area (Å²) in [7, 11) is 0. The van der Waals surface area contributed by atoms with E-state index >= 15 is 0 Å². The first kappa shape index (κ1) is 15.6. The summed E-state index contributed by atoms with van der Waals surface area (Å²) in [6, 6.07) is 5.60. The van der Waals surface area contributed by atoms with E-state index in [0.717, 1.165) is 22.6 Å². The molecule has 0 aliphatic heterocycles. The van der Waals surface area contributed by atoms with Crippen molar-refractivity contribution in [2.45, 2.75) is 25.9 Å². The maximum absolute atomic E-state index is 12.0. The molecule has 0 saturated carbocycles. The molecule has 1 aromatic heterocycles. The Morgan fingerprint density at radius 1 is 1.33 bits per heavy atom. The Balaban J connectivity index is 1.93. The van der Waals surface area contributed by atoms with Crippen LogP contribution in [0.25, 0.3) is 0 Å². The minimum absolute atomic E-state index is 0.0756. The zero-order valence-corrected chi connectivity index (χ0v) is 11.8. The van der Waals surface area contributed by atoms with E-state index in [-0.39, 0.29) is 16.7 Å². The van der Waals surface area contributed by atoms with E-state index in [4.69, 9.17) is 0 Å². The fraction of sp³-hybridized carbons (Fsp3) is 0.308. The van der Waals surface area contributed by atoms with E-state index in [1.165, 1.54) is 12.1 Å².